The molecule has 0 unspecified atom stereocenters. The summed E-state index contributed by atoms with van der Waals surface area (Å²) in [6.07, 6.45) is -3.30. The van der Waals surface area contributed by atoms with Gasteiger partial charge in [0.05, 0.1) is 19.4 Å². The molecule has 0 spiro atoms. The van der Waals surface area contributed by atoms with Gasteiger partial charge in [-0.15, -0.1) is 0 Å². The van der Waals surface area contributed by atoms with Crippen LogP contribution in [0.15, 0.2) is 48.8 Å². The highest BCUT2D eigenvalue weighted by Gasteiger charge is 2.62. The average molecular weight is 645 g/mol. The number of ether oxygens (including phenoxy) is 4. The summed E-state index contributed by atoms with van der Waals surface area (Å²) in [5, 5.41) is 17.4. The zero-order chi connectivity index (χ0) is 32.8. The average Bonchev–Trinajstić information content (AvgIpc) is 3.60. The minimum Gasteiger partial charge on any atom is -0.468 e. The van der Waals surface area contributed by atoms with Crippen LogP contribution >= 0.6 is 7.75 Å². The van der Waals surface area contributed by atoms with Crippen LogP contribution < -0.4 is 15.3 Å². The number of nitrogens with one attached hydrogen (secondary N) is 1. The van der Waals surface area contributed by atoms with Gasteiger partial charge < -0.3 is 29.2 Å². The van der Waals surface area contributed by atoms with Crippen LogP contribution in [-0.2, 0) is 48.0 Å². The number of para-hydroxylation sites is 1. The first-order chi connectivity index (χ1) is 21.5. The number of hydrogen-bond acceptors (Lipinski definition) is 14. The Labute approximate surface area is 258 Å². The number of hydrogen-bond donors (Lipinski definition) is 2. The Morgan fingerprint density at radius 3 is 2.49 bits per heavy atom. The summed E-state index contributed by atoms with van der Waals surface area (Å²) in [5.74, 6) is -1.93. The number of carbonyl (C=O) groups excluding carboxylic acids is 3. The molecule has 0 aliphatic carbocycles. The van der Waals surface area contributed by atoms with Crippen LogP contribution in [0.25, 0.3) is 5.52 Å². The minimum absolute atomic E-state index is 0.0658. The molecule has 2 aromatic heterocycles. The molecule has 45 heavy (non-hydrogen) atoms. The quantitative estimate of drug-likeness (QED) is 0.155. The van der Waals surface area contributed by atoms with E-state index >= 15 is 0 Å². The van der Waals surface area contributed by atoms with Crippen LogP contribution in [0.2, 0.25) is 0 Å². The lowest BCUT2D eigenvalue weighted by atomic mass is 9.92. The van der Waals surface area contributed by atoms with E-state index in [-0.39, 0.29) is 30.1 Å². The SMILES string of the molecule is CCC(=O)O[C@H]1[C@@H](OC(=O)CC)[C@](C#N)(c2ccc3c(N)ncnn23)O[C@@H]1CO[P@@](=O)(N[C@@H](C)C(=O)OC)Oc1ccccc1. The second-order valence-corrected chi connectivity index (χ2v) is 11.5. The van der Waals surface area contributed by atoms with Crippen LogP contribution in [0, 0.1) is 11.3 Å². The lowest BCUT2D eigenvalue weighted by Crippen LogP contribution is -2.46. The Kier molecular flexibility index (Phi) is 10.4. The monoisotopic (exact) mass is 644 g/mol. The van der Waals surface area contributed by atoms with Crippen molar-refractivity contribution in [1.29, 1.82) is 5.26 Å². The van der Waals surface area contributed by atoms with Crippen LogP contribution in [-0.4, -0.2) is 70.6 Å². The predicted molar refractivity (Wildman–Crippen MR) is 155 cm³/mol. The summed E-state index contributed by atoms with van der Waals surface area (Å²) < 4.78 is 49.1. The van der Waals surface area contributed by atoms with Gasteiger partial charge in [0.1, 0.15) is 35.8 Å². The normalized spacial score (nSPS) is 23.0. The molecule has 17 heteroatoms. The van der Waals surface area contributed by atoms with Crippen molar-refractivity contribution < 1.29 is 46.9 Å². The Morgan fingerprint density at radius 1 is 1.16 bits per heavy atom. The summed E-state index contributed by atoms with van der Waals surface area (Å²) in [7, 11) is -3.24. The van der Waals surface area contributed by atoms with E-state index in [0.717, 1.165) is 7.11 Å². The molecule has 4 rings (SSSR count). The van der Waals surface area contributed by atoms with Crippen LogP contribution in [0.4, 0.5) is 5.82 Å². The largest absolute Gasteiger partial charge is 0.468 e. The van der Waals surface area contributed by atoms with E-state index in [1.807, 2.05) is 0 Å². The van der Waals surface area contributed by atoms with Gasteiger partial charge in [-0.3, -0.25) is 18.9 Å². The van der Waals surface area contributed by atoms with Crippen molar-refractivity contribution >= 4 is 37.0 Å². The van der Waals surface area contributed by atoms with Gasteiger partial charge in [-0.1, -0.05) is 32.0 Å². The molecule has 1 fully saturated rings. The molecule has 1 aliphatic heterocycles. The zero-order valence-electron chi connectivity index (χ0n) is 24.9. The van der Waals surface area contributed by atoms with E-state index in [0.29, 0.717) is 5.52 Å². The second kappa shape index (κ2) is 14.0. The number of anilines is 1. The lowest BCUT2D eigenvalue weighted by molar-refractivity contribution is -0.169. The molecule has 0 saturated carbocycles. The van der Waals surface area contributed by atoms with Crippen molar-refractivity contribution in [2.75, 3.05) is 19.5 Å². The maximum Gasteiger partial charge on any atom is 0.459 e. The molecule has 16 nitrogen and oxygen atoms in total. The zero-order valence-corrected chi connectivity index (χ0v) is 25.8. The van der Waals surface area contributed by atoms with Crippen molar-refractivity contribution in [1.82, 2.24) is 19.7 Å². The number of fused-ring (bicyclic) bond motifs is 1. The molecule has 3 N–H and O–H groups in total. The number of esters is 3. The molecule has 0 radical (unpaired) electrons. The highest BCUT2D eigenvalue weighted by Crippen LogP contribution is 2.48. The molecular weight excluding hydrogens is 611 g/mol. The van der Waals surface area contributed by atoms with Gasteiger partial charge in [0.2, 0.25) is 5.60 Å². The molecule has 6 atom stereocenters. The third-order valence-corrected chi connectivity index (χ3v) is 8.46. The molecule has 240 valence electrons. The Morgan fingerprint density at radius 2 is 1.84 bits per heavy atom. The molecule has 0 amide bonds. The molecule has 1 aromatic carbocycles. The fourth-order valence-corrected chi connectivity index (χ4v) is 6.11. The van der Waals surface area contributed by atoms with Gasteiger partial charge in [0.15, 0.2) is 18.0 Å². The van der Waals surface area contributed by atoms with Crippen molar-refractivity contribution in [3.05, 3.63) is 54.5 Å². The number of nitrogens with zero attached hydrogens (tertiary/aromatic N) is 4. The molecule has 0 bridgehead atoms. The molecular formula is C28H33N6O10P. The van der Waals surface area contributed by atoms with Crippen LogP contribution in [0.5, 0.6) is 5.75 Å². The number of carbonyl (C=O) groups is 3. The van der Waals surface area contributed by atoms with Crippen molar-refractivity contribution in [3.8, 4) is 11.8 Å². The Balaban J connectivity index is 1.77. The number of aromatic nitrogens is 3. The minimum atomic E-state index is -4.40. The van der Waals surface area contributed by atoms with Gasteiger partial charge >= 0.3 is 25.7 Å². The van der Waals surface area contributed by atoms with Crippen LogP contribution in [0.1, 0.15) is 39.3 Å². The van der Waals surface area contributed by atoms with Crippen molar-refractivity contribution in [2.24, 2.45) is 0 Å². The first-order valence-electron chi connectivity index (χ1n) is 13.9. The van der Waals surface area contributed by atoms with E-state index in [4.69, 9.17) is 33.7 Å². The lowest BCUT2D eigenvalue weighted by Gasteiger charge is -2.28. The number of methoxy groups -OCH3 is 1. The number of nitrogens with two attached hydrogens (primary N) is 1. The summed E-state index contributed by atoms with van der Waals surface area (Å²) in [6.45, 7) is 3.86. The first kappa shape index (κ1) is 33.3. The molecule has 1 saturated heterocycles. The third-order valence-electron chi connectivity index (χ3n) is 6.82. The van der Waals surface area contributed by atoms with E-state index in [9.17, 15) is 24.2 Å². The smallest absolute Gasteiger partial charge is 0.459 e. The van der Waals surface area contributed by atoms with Gasteiger partial charge in [0.25, 0.3) is 0 Å². The van der Waals surface area contributed by atoms with Crippen molar-refractivity contribution in [3.63, 3.8) is 0 Å². The molecule has 3 heterocycles. The first-order valence-corrected chi connectivity index (χ1v) is 15.5. The fraction of sp³-hybridized carbons (Fsp3) is 0.429. The summed E-state index contributed by atoms with van der Waals surface area (Å²) in [5.41, 5.74) is 4.30. The number of rotatable bonds is 13. The predicted octanol–water partition coefficient (Wildman–Crippen LogP) is 2.43. The summed E-state index contributed by atoms with van der Waals surface area (Å²) in [6, 6.07) is 12.0. The maximum atomic E-state index is 14.0. The third kappa shape index (κ3) is 7.07. The van der Waals surface area contributed by atoms with E-state index < -0.39 is 62.2 Å². The van der Waals surface area contributed by atoms with Crippen molar-refractivity contribution in [2.45, 2.75) is 63.6 Å². The van der Waals surface area contributed by atoms with Crippen LogP contribution in [0.3, 0.4) is 0 Å². The number of nitriles is 1. The van der Waals surface area contributed by atoms with Gasteiger partial charge in [0, 0.05) is 12.8 Å². The fourth-order valence-electron chi connectivity index (χ4n) is 4.61. The Hall–Kier alpha value is -4.55. The highest BCUT2D eigenvalue weighted by molar-refractivity contribution is 7.52. The topological polar surface area (TPSA) is 216 Å². The maximum absolute atomic E-state index is 14.0. The summed E-state index contributed by atoms with van der Waals surface area (Å²) >= 11 is 0. The highest BCUT2D eigenvalue weighted by atomic mass is 31.2. The van der Waals surface area contributed by atoms with Gasteiger partial charge in [-0.05, 0) is 31.2 Å². The number of benzene rings is 1. The standard InChI is InChI=1S/C28H33N6O10P/c1-5-22(35)41-24-20(14-40-45(38,33-17(3)27(37)39-4)44-18-10-8-7-9-11-18)43-28(15-29,25(24)42-23(36)6-2)21-13-12-19-26(30)31-16-32-34(19)21/h7-13,16-17,20,24-25H,5-6,14H2,1-4H3,(H,33,38)(H2,30,31,32)/t17-,20+,24+,25+,28-,45-/m0/s1. The second-order valence-electron chi connectivity index (χ2n) is 9.81. The Bertz CT molecular complexity index is 1630. The molecule has 3 aromatic rings. The van der Waals surface area contributed by atoms with E-state index in [1.54, 1.807) is 38.1 Å². The molecule has 1 aliphatic rings. The number of nitrogen functional groups attached to an aromatic ring is 1. The van der Waals surface area contributed by atoms with Gasteiger partial charge in [-0.25, -0.2) is 14.1 Å². The van der Waals surface area contributed by atoms with E-state index in [1.165, 1.54) is 36.0 Å². The van der Waals surface area contributed by atoms with Gasteiger partial charge in [-0.2, -0.15) is 15.4 Å². The summed E-state index contributed by atoms with van der Waals surface area (Å²) in [4.78, 5) is 41.4. The van der Waals surface area contributed by atoms with E-state index in [2.05, 4.69) is 21.2 Å².